The second-order valence-corrected chi connectivity index (χ2v) is 7.31. The maximum atomic E-state index is 11.9. The van der Waals surface area contributed by atoms with Crippen molar-refractivity contribution in [3.8, 4) is 0 Å². The van der Waals surface area contributed by atoms with E-state index in [0.29, 0.717) is 19.6 Å². The minimum Gasteiger partial charge on any atom is -0.336 e. The van der Waals surface area contributed by atoms with Gasteiger partial charge >= 0.3 is 6.03 Å². The van der Waals surface area contributed by atoms with Gasteiger partial charge in [-0.15, -0.1) is 0 Å². The number of rotatable bonds is 4. The summed E-state index contributed by atoms with van der Waals surface area (Å²) in [7, 11) is -3.10. The summed E-state index contributed by atoms with van der Waals surface area (Å²) < 4.78 is 23.8. The molecule has 0 aliphatic carbocycles. The molecule has 1 N–H and O–H groups in total. The Morgan fingerprint density at radius 1 is 1.33 bits per heavy atom. The molecule has 114 valence electrons. The van der Waals surface area contributed by atoms with Crippen molar-refractivity contribution in [2.45, 2.75) is 6.23 Å². The van der Waals surface area contributed by atoms with E-state index < -0.39 is 10.0 Å². The van der Waals surface area contributed by atoms with Crippen LogP contribution < -0.4 is 5.32 Å². The highest BCUT2D eigenvalue weighted by Gasteiger charge is 2.43. The first kappa shape index (κ1) is 14.3. The lowest BCUT2D eigenvalue weighted by Gasteiger charge is -2.37. The third-order valence-corrected chi connectivity index (χ3v) is 4.84. The van der Waals surface area contributed by atoms with Crippen molar-refractivity contribution in [2.75, 3.05) is 25.9 Å². The highest BCUT2D eigenvalue weighted by atomic mass is 32.2. The fourth-order valence-electron chi connectivity index (χ4n) is 2.28. The number of urea groups is 1. The normalized spacial score (nSPS) is 22.7. The molecule has 7 nitrogen and oxygen atoms in total. The number of carbonyl (C=O) groups is 1. The SMILES string of the molecule is CS(=O)(=O)N1CC(CNC(=O)N2OC2c2ccccc2)C1. The van der Waals surface area contributed by atoms with Crippen molar-refractivity contribution in [1.29, 1.82) is 0 Å². The Morgan fingerprint density at radius 2 is 2.00 bits per heavy atom. The van der Waals surface area contributed by atoms with Gasteiger partial charge in [0.2, 0.25) is 16.3 Å². The minimum absolute atomic E-state index is 0.166. The van der Waals surface area contributed by atoms with Gasteiger partial charge in [-0.25, -0.2) is 22.4 Å². The van der Waals surface area contributed by atoms with Crippen LogP contribution in [0.15, 0.2) is 30.3 Å². The van der Waals surface area contributed by atoms with Crippen LogP contribution in [0, 0.1) is 5.92 Å². The van der Waals surface area contributed by atoms with Gasteiger partial charge in [-0.3, -0.25) is 0 Å². The summed E-state index contributed by atoms with van der Waals surface area (Å²) in [5, 5.41) is 4.04. The third-order valence-electron chi connectivity index (χ3n) is 3.60. The maximum absolute atomic E-state index is 11.9. The summed E-state index contributed by atoms with van der Waals surface area (Å²) in [5.41, 5.74) is 0.930. The summed E-state index contributed by atoms with van der Waals surface area (Å²) in [5.74, 6) is 0.166. The molecule has 3 rings (SSSR count). The van der Waals surface area contributed by atoms with Gasteiger partial charge in [0.1, 0.15) is 0 Å². The summed E-state index contributed by atoms with van der Waals surface area (Å²) >= 11 is 0. The van der Waals surface area contributed by atoms with E-state index in [4.69, 9.17) is 4.84 Å². The van der Waals surface area contributed by atoms with Crippen LogP contribution in [0.2, 0.25) is 0 Å². The molecule has 2 saturated heterocycles. The first-order valence-electron chi connectivity index (χ1n) is 6.69. The predicted molar refractivity (Wildman–Crippen MR) is 75.4 cm³/mol. The lowest BCUT2D eigenvalue weighted by Crippen LogP contribution is -2.53. The second kappa shape index (κ2) is 5.28. The van der Waals surface area contributed by atoms with Crippen molar-refractivity contribution in [3.63, 3.8) is 0 Å². The van der Waals surface area contributed by atoms with Crippen LogP contribution in [-0.4, -0.2) is 49.7 Å². The number of hydroxylamine groups is 2. The molecule has 0 bridgehead atoms. The number of sulfonamides is 1. The van der Waals surface area contributed by atoms with E-state index in [1.54, 1.807) is 0 Å². The van der Waals surface area contributed by atoms with E-state index in [1.807, 2.05) is 30.3 Å². The van der Waals surface area contributed by atoms with E-state index in [1.165, 1.54) is 15.6 Å². The van der Waals surface area contributed by atoms with Gasteiger partial charge in [0.05, 0.1) is 6.26 Å². The van der Waals surface area contributed by atoms with Crippen molar-refractivity contribution in [1.82, 2.24) is 14.7 Å². The Morgan fingerprint density at radius 3 is 2.62 bits per heavy atom. The standard InChI is InChI=1S/C13H17N3O4S/c1-21(18,19)15-8-10(9-15)7-14-13(17)16-12(20-16)11-5-3-2-4-6-11/h2-6,10,12H,7-9H2,1H3,(H,14,17). The number of hydrogen-bond donors (Lipinski definition) is 1. The van der Waals surface area contributed by atoms with Crippen LogP contribution in [-0.2, 0) is 14.9 Å². The quantitative estimate of drug-likeness (QED) is 0.823. The second-order valence-electron chi connectivity index (χ2n) is 5.33. The van der Waals surface area contributed by atoms with Gasteiger partial charge in [0.25, 0.3) is 0 Å². The number of carbonyl (C=O) groups excluding carboxylic acids is 1. The Kier molecular flexibility index (Phi) is 3.60. The molecule has 2 aliphatic rings. The number of nitrogens with one attached hydrogen (secondary N) is 1. The van der Waals surface area contributed by atoms with E-state index in [2.05, 4.69) is 5.32 Å². The molecule has 0 spiro atoms. The molecule has 1 aromatic carbocycles. The predicted octanol–water partition coefficient (Wildman–Crippen LogP) is 0.533. The Labute approximate surface area is 123 Å². The van der Waals surface area contributed by atoms with E-state index in [9.17, 15) is 13.2 Å². The van der Waals surface area contributed by atoms with Crippen LogP contribution in [0.25, 0.3) is 0 Å². The topological polar surface area (TPSA) is 82.0 Å². The number of benzene rings is 1. The zero-order valence-electron chi connectivity index (χ0n) is 11.6. The highest BCUT2D eigenvalue weighted by molar-refractivity contribution is 7.88. The van der Waals surface area contributed by atoms with E-state index in [0.717, 1.165) is 5.56 Å². The van der Waals surface area contributed by atoms with Gasteiger partial charge in [-0.05, 0) is 0 Å². The molecule has 2 aliphatic heterocycles. The van der Waals surface area contributed by atoms with Crippen LogP contribution in [0.5, 0.6) is 0 Å². The summed E-state index contributed by atoms with van der Waals surface area (Å²) in [6.07, 6.45) is 0.871. The van der Waals surface area contributed by atoms with Crippen molar-refractivity contribution in [3.05, 3.63) is 35.9 Å². The van der Waals surface area contributed by atoms with Crippen molar-refractivity contribution >= 4 is 16.1 Å². The molecule has 2 heterocycles. The van der Waals surface area contributed by atoms with E-state index >= 15 is 0 Å². The number of amides is 2. The zero-order valence-corrected chi connectivity index (χ0v) is 12.4. The van der Waals surface area contributed by atoms with Gasteiger partial charge < -0.3 is 5.32 Å². The average molecular weight is 311 g/mol. The first-order chi connectivity index (χ1) is 9.95. The van der Waals surface area contributed by atoms with Crippen molar-refractivity contribution in [2.24, 2.45) is 5.92 Å². The van der Waals surface area contributed by atoms with Crippen LogP contribution in [0.1, 0.15) is 11.8 Å². The lowest BCUT2D eigenvalue weighted by atomic mass is 10.0. The van der Waals surface area contributed by atoms with Gasteiger partial charge in [0.15, 0.2) is 0 Å². The van der Waals surface area contributed by atoms with Gasteiger partial charge in [-0.2, -0.15) is 5.06 Å². The first-order valence-corrected chi connectivity index (χ1v) is 8.54. The molecule has 0 aromatic heterocycles. The Hall–Kier alpha value is -1.64. The molecular weight excluding hydrogens is 294 g/mol. The molecule has 1 aromatic rings. The lowest BCUT2D eigenvalue weighted by molar-refractivity contribution is 0.163. The zero-order chi connectivity index (χ0) is 15.0. The third kappa shape index (κ3) is 3.17. The molecule has 2 amide bonds. The number of hydrogen-bond acceptors (Lipinski definition) is 4. The maximum Gasteiger partial charge on any atom is 0.344 e. The van der Waals surface area contributed by atoms with Gasteiger partial charge in [0, 0.05) is 31.1 Å². The number of nitrogens with zero attached hydrogens (tertiary/aromatic N) is 2. The Bertz CT molecular complexity index is 628. The molecular formula is C13H17N3O4S. The summed E-state index contributed by atoms with van der Waals surface area (Å²) in [4.78, 5) is 17.1. The fourth-order valence-corrected chi connectivity index (χ4v) is 3.24. The van der Waals surface area contributed by atoms with Crippen molar-refractivity contribution < 1.29 is 18.0 Å². The van der Waals surface area contributed by atoms with Crippen LogP contribution in [0.4, 0.5) is 4.79 Å². The van der Waals surface area contributed by atoms with Crippen LogP contribution >= 0.6 is 0 Å². The molecule has 2 fully saturated rings. The largest absolute Gasteiger partial charge is 0.344 e. The highest BCUT2D eigenvalue weighted by Crippen LogP contribution is 2.36. The minimum atomic E-state index is -3.10. The monoisotopic (exact) mass is 311 g/mol. The molecule has 8 heteroatoms. The average Bonchev–Trinajstić information content (AvgIpc) is 3.16. The molecule has 1 unspecified atom stereocenters. The summed E-state index contributed by atoms with van der Waals surface area (Å²) in [6, 6.07) is 9.19. The fraction of sp³-hybridized carbons (Fsp3) is 0.462. The molecule has 0 saturated carbocycles. The molecule has 0 radical (unpaired) electrons. The Balaban J connectivity index is 1.41. The molecule has 1 atom stereocenters. The molecule has 21 heavy (non-hydrogen) atoms. The smallest absolute Gasteiger partial charge is 0.336 e. The summed E-state index contributed by atoms with van der Waals surface area (Å²) in [6.45, 7) is 1.37. The van der Waals surface area contributed by atoms with Crippen LogP contribution in [0.3, 0.4) is 0 Å². The van der Waals surface area contributed by atoms with Gasteiger partial charge in [-0.1, -0.05) is 30.3 Å². The van der Waals surface area contributed by atoms with E-state index in [-0.39, 0.29) is 18.2 Å².